The number of ether oxygens (including phenoxy) is 1. The van der Waals surface area contributed by atoms with Crippen molar-refractivity contribution in [2.24, 2.45) is 5.92 Å². The lowest BCUT2D eigenvalue weighted by molar-refractivity contribution is -0.143. The Hall–Kier alpha value is -1.05. The van der Waals surface area contributed by atoms with E-state index in [0.29, 0.717) is 13.0 Å². The minimum absolute atomic E-state index is 0.00540. The molecule has 0 radical (unpaired) electrons. The molecule has 0 bridgehead atoms. The number of unbranched alkanes of at least 4 members (excludes halogenated alkanes) is 15. The van der Waals surface area contributed by atoms with Gasteiger partial charge in [-0.3, -0.25) is 4.79 Å². The third-order valence-electron chi connectivity index (χ3n) is 6.27. The zero-order valence-electron chi connectivity index (χ0n) is 22.8. The first-order valence-electron chi connectivity index (χ1n) is 14.6. The van der Waals surface area contributed by atoms with Gasteiger partial charge in [-0.15, -0.1) is 0 Å². The summed E-state index contributed by atoms with van der Waals surface area (Å²) in [6.45, 7) is 7.49. The predicted octanol–water partition coefficient (Wildman–Crippen LogP) is 10.5. The summed E-state index contributed by atoms with van der Waals surface area (Å²) in [5.41, 5.74) is 0. The van der Waals surface area contributed by atoms with E-state index in [2.05, 4.69) is 45.1 Å². The van der Waals surface area contributed by atoms with Gasteiger partial charge in [-0.1, -0.05) is 129 Å². The van der Waals surface area contributed by atoms with Gasteiger partial charge in [-0.05, 0) is 50.9 Å². The highest BCUT2D eigenvalue weighted by molar-refractivity contribution is 5.69. The highest BCUT2D eigenvalue weighted by Crippen LogP contribution is 2.13. The van der Waals surface area contributed by atoms with E-state index < -0.39 is 0 Å². The molecule has 33 heavy (non-hydrogen) atoms. The fourth-order valence-corrected chi connectivity index (χ4v) is 4.05. The molecule has 2 nitrogen and oxygen atoms in total. The van der Waals surface area contributed by atoms with E-state index in [1.165, 1.54) is 103 Å². The van der Waals surface area contributed by atoms with Gasteiger partial charge < -0.3 is 4.74 Å². The lowest BCUT2D eigenvalue weighted by Gasteiger charge is -2.06. The first-order valence-corrected chi connectivity index (χ1v) is 14.6. The van der Waals surface area contributed by atoms with Gasteiger partial charge in [0.1, 0.15) is 0 Å². The van der Waals surface area contributed by atoms with Gasteiger partial charge in [0.05, 0.1) is 6.61 Å². The number of hydrogen-bond donors (Lipinski definition) is 0. The maximum Gasteiger partial charge on any atom is 0.305 e. The third-order valence-corrected chi connectivity index (χ3v) is 6.27. The molecule has 0 atom stereocenters. The fourth-order valence-electron chi connectivity index (χ4n) is 4.05. The van der Waals surface area contributed by atoms with Gasteiger partial charge in [0.25, 0.3) is 0 Å². The minimum atomic E-state index is 0.00540. The summed E-state index contributed by atoms with van der Waals surface area (Å²) in [5.74, 6) is 0.855. The molecule has 0 heterocycles. The molecular formula is C31H58O2. The first kappa shape index (κ1) is 31.9. The van der Waals surface area contributed by atoms with Crippen molar-refractivity contribution in [3.63, 3.8) is 0 Å². The largest absolute Gasteiger partial charge is 0.466 e. The molecule has 0 aliphatic heterocycles. The summed E-state index contributed by atoms with van der Waals surface area (Å²) >= 11 is 0. The van der Waals surface area contributed by atoms with Crippen LogP contribution in [0.3, 0.4) is 0 Å². The lowest BCUT2D eigenvalue weighted by Crippen LogP contribution is -2.05. The van der Waals surface area contributed by atoms with Crippen LogP contribution in [-0.4, -0.2) is 12.6 Å². The average Bonchev–Trinajstić information content (AvgIpc) is 2.79. The van der Waals surface area contributed by atoms with Gasteiger partial charge in [0.2, 0.25) is 0 Å². The topological polar surface area (TPSA) is 26.3 Å². The number of hydrogen-bond acceptors (Lipinski definition) is 2. The Labute approximate surface area is 208 Å². The third kappa shape index (κ3) is 28.9. The maximum absolute atomic E-state index is 11.8. The van der Waals surface area contributed by atoms with Gasteiger partial charge in [-0.2, -0.15) is 0 Å². The molecule has 0 N–H and O–H groups in total. The minimum Gasteiger partial charge on any atom is -0.466 e. The Morgan fingerprint density at radius 2 is 1.15 bits per heavy atom. The Morgan fingerprint density at radius 3 is 1.76 bits per heavy atom. The van der Waals surface area contributed by atoms with Crippen LogP contribution in [0, 0.1) is 5.92 Å². The molecule has 0 aromatic heterocycles. The summed E-state index contributed by atoms with van der Waals surface area (Å²) in [4.78, 5) is 11.8. The van der Waals surface area contributed by atoms with Crippen LogP contribution in [0.2, 0.25) is 0 Å². The SMILES string of the molecule is CCCCC/C=C\C/C=C\CCCCCCCC(=O)OCCCCCCCCCCC(C)C. The van der Waals surface area contributed by atoms with Crippen molar-refractivity contribution in [3.05, 3.63) is 24.3 Å². The molecule has 0 aliphatic rings. The van der Waals surface area contributed by atoms with Gasteiger partial charge in [0.15, 0.2) is 0 Å². The van der Waals surface area contributed by atoms with E-state index in [9.17, 15) is 4.79 Å². The van der Waals surface area contributed by atoms with Gasteiger partial charge in [-0.25, -0.2) is 0 Å². The van der Waals surface area contributed by atoms with Crippen molar-refractivity contribution >= 4 is 5.97 Å². The molecule has 0 rings (SSSR count). The van der Waals surface area contributed by atoms with E-state index in [1.54, 1.807) is 0 Å². The van der Waals surface area contributed by atoms with Crippen LogP contribution in [0.1, 0.15) is 156 Å². The highest BCUT2D eigenvalue weighted by Gasteiger charge is 2.02. The monoisotopic (exact) mass is 462 g/mol. The zero-order valence-corrected chi connectivity index (χ0v) is 22.8. The summed E-state index contributed by atoms with van der Waals surface area (Å²) in [6, 6.07) is 0. The number of carbonyl (C=O) groups is 1. The van der Waals surface area contributed by atoms with E-state index >= 15 is 0 Å². The quantitative estimate of drug-likeness (QED) is 0.0766. The Kier molecular flexibility index (Phi) is 26.3. The summed E-state index contributed by atoms with van der Waals surface area (Å²) < 4.78 is 5.39. The molecule has 2 heteroatoms. The van der Waals surface area contributed by atoms with Crippen molar-refractivity contribution in [2.75, 3.05) is 6.61 Å². The van der Waals surface area contributed by atoms with Crippen LogP contribution in [0.15, 0.2) is 24.3 Å². The van der Waals surface area contributed by atoms with E-state index in [1.807, 2.05) is 0 Å². The van der Waals surface area contributed by atoms with Crippen molar-refractivity contribution in [3.8, 4) is 0 Å². The fraction of sp³-hybridized carbons (Fsp3) is 0.839. The smallest absolute Gasteiger partial charge is 0.305 e. The van der Waals surface area contributed by atoms with E-state index in [4.69, 9.17) is 4.74 Å². The van der Waals surface area contributed by atoms with Crippen LogP contribution in [0.4, 0.5) is 0 Å². The second kappa shape index (κ2) is 27.2. The van der Waals surface area contributed by atoms with E-state index in [0.717, 1.165) is 31.6 Å². The first-order chi connectivity index (χ1) is 16.2. The number of rotatable bonds is 25. The molecule has 0 aliphatic carbocycles. The second-order valence-electron chi connectivity index (χ2n) is 10.2. The molecule has 0 unspecified atom stereocenters. The van der Waals surface area contributed by atoms with Gasteiger partial charge >= 0.3 is 5.97 Å². The van der Waals surface area contributed by atoms with Crippen LogP contribution in [0.25, 0.3) is 0 Å². The van der Waals surface area contributed by atoms with Crippen molar-refractivity contribution in [1.82, 2.24) is 0 Å². The highest BCUT2D eigenvalue weighted by atomic mass is 16.5. The van der Waals surface area contributed by atoms with Crippen LogP contribution >= 0.6 is 0 Å². The summed E-state index contributed by atoms with van der Waals surface area (Å²) in [7, 11) is 0. The van der Waals surface area contributed by atoms with E-state index in [-0.39, 0.29) is 5.97 Å². The van der Waals surface area contributed by atoms with Crippen LogP contribution in [-0.2, 0) is 9.53 Å². The average molecular weight is 463 g/mol. The molecule has 194 valence electrons. The molecule has 0 aromatic rings. The molecule has 0 spiro atoms. The second-order valence-corrected chi connectivity index (χ2v) is 10.2. The van der Waals surface area contributed by atoms with Crippen LogP contribution < -0.4 is 0 Å². The Morgan fingerprint density at radius 1 is 0.636 bits per heavy atom. The standard InChI is InChI=1S/C31H58O2/c1-4-5-6-7-8-9-10-11-12-13-14-15-19-22-25-28-31(32)33-29-26-23-20-17-16-18-21-24-27-30(2)3/h8-9,11-12,30H,4-7,10,13-29H2,1-3H3/b9-8-,12-11-. The van der Waals surface area contributed by atoms with Crippen molar-refractivity contribution < 1.29 is 9.53 Å². The molecule has 0 fully saturated rings. The molecule has 0 aromatic carbocycles. The summed E-state index contributed by atoms with van der Waals surface area (Å²) in [5, 5.41) is 0. The van der Waals surface area contributed by atoms with Crippen molar-refractivity contribution in [1.29, 1.82) is 0 Å². The summed E-state index contributed by atoms with van der Waals surface area (Å²) in [6.07, 6.45) is 34.9. The molecule has 0 saturated carbocycles. The van der Waals surface area contributed by atoms with Gasteiger partial charge in [0, 0.05) is 6.42 Å². The molecule has 0 amide bonds. The Bertz CT molecular complexity index is 450. The molecular weight excluding hydrogens is 404 g/mol. The van der Waals surface area contributed by atoms with Crippen molar-refractivity contribution in [2.45, 2.75) is 156 Å². The zero-order chi connectivity index (χ0) is 24.2. The number of allylic oxidation sites excluding steroid dienone is 4. The normalized spacial score (nSPS) is 11.9. The maximum atomic E-state index is 11.8. The van der Waals surface area contributed by atoms with Crippen LogP contribution in [0.5, 0.6) is 0 Å². The lowest BCUT2D eigenvalue weighted by atomic mass is 10.0. The number of esters is 1. The Balaban J connectivity index is 3.25. The number of carbonyl (C=O) groups excluding carboxylic acids is 1. The predicted molar refractivity (Wildman–Crippen MR) is 147 cm³/mol. The molecule has 0 saturated heterocycles.